The summed E-state index contributed by atoms with van der Waals surface area (Å²) in [6.07, 6.45) is 2.00. The second kappa shape index (κ2) is 10.7. The number of hydrogen-bond acceptors (Lipinski definition) is 4. The summed E-state index contributed by atoms with van der Waals surface area (Å²) in [5.41, 5.74) is 1.96. The van der Waals surface area contributed by atoms with Crippen LogP contribution < -0.4 is 9.47 Å². The summed E-state index contributed by atoms with van der Waals surface area (Å²) >= 11 is 18.7. The standard InChI is InChI=1S/C26H21Cl3O5/c27-20-4-2-5-21(28)18(20)3-1-6-23(30)15-7-9-16(10-8-15)34-25-14-24-19(13-22(25)29)17(26(31)32)11-12-33-24/h2,4-5,7-10,13-14,17H,1,3,6,11-12H2,(H,31,32). The summed E-state index contributed by atoms with van der Waals surface area (Å²) in [7, 11) is 0. The Morgan fingerprint density at radius 3 is 2.38 bits per heavy atom. The number of halogens is 3. The Bertz CT molecular complexity index is 1200. The van der Waals surface area contributed by atoms with E-state index in [1.54, 1.807) is 54.6 Å². The number of carbonyl (C=O) groups excluding carboxylic acids is 1. The summed E-state index contributed by atoms with van der Waals surface area (Å²) in [5.74, 6) is -0.272. The highest BCUT2D eigenvalue weighted by Crippen LogP contribution is 2.41. The minimum atomic E-state index is -0.912. The van der Waals surface area contributed by atoms with Gasteiger partial charge in [-0.3, -0.25) is 9.59 Å². The lowest BCUT2D eigenvalue weighted by molar-refractivity contribution is -0.139. The van der Waals surface area contributed by atoms with Crippen LogP contribution in [0.3, 0.4) is 0 Å². The van der Waals surface area contributed by atoms with E-state index in [9.17, 15) is 14.7 Å². The summed E-state index contributed by atoms with van der Waals surface area (Å²) in [4.78, 5) is 24.1. The topological polar surface area (TPSA) is 72.8 Å². The van der Waals surface area contributed by atoms with Crippen LogP contribution in [-0.4, -0.2) is 23.5 Å². The molecule has 0 saturated heterocycles. The molecule has 0 bridgehead atoms. The van der Waals surface area contributed by atoms with Gasteiger partial charge in [0, 0.05) is 33.7 Å². The van der Waals surface area contributed by atoms with Crippen LogP contribution in [0.5, 0.6) is 17.2 Å². The predicted octanol–water partition coefficient (Wildman–Crippen LogP) is 7.60. The number of hydrogen-bond donors (Lipinski definition) is 1. The molecule has 0 amide bonds. The van der Waals surface area contributed by atoms with Crippen molar-refractivity contribution >= 4 is 46.6 Å². The Morgan fingerprint density at radius 1 is 1.00 bits per heavy atom. The van der Waals surface area contributed by atoms with E-state index in [0.717, 1.165) is 5.56 Å². The molecule has 1 aliphatic heterocycles. The zero-order valence-electron chi connectivity index (χ0n) is 18.0. The van der Waals surface area contributed by atoms with Crippen LogP contribution in [0, 0.1) is 0 Å². The fourth-order valence-corrected chi connectivity index (χ4v) is 4.70. The number of ketones is 1. The molecule has 0 spiro atoms. The van der Waals surface area contributed by atoms with Crippen LogP contribution in [0.25, 0.3) is 0 Å². The highest BCUT2D eigenvalue weighted by Gasteiger charge is 2.29. The minimum Gasteiger partial charge on any atom is -0.493 e. The van der Waals surface area contributed by atoms with Crippen LogP contribution in [0.4, 0.5) is 0 Å². The number of carboxylic acid groups (broad SMARTS) is 1. The maximum absolute atomic E-state index is 12.6. The maximum Gasteiger partial charge on any atom is 0.311 e. The van der Waals surface area contributed by atoms with Crippen LogP contribution >= 0.6 is 34.8 Å². The number of Topliss-reactive ketones (excluding diaryl/α,β-unsaturated/α-hetero) is 1. The second-order valence-corrected chi connectivity index (χ2v) is 9.17. The normalized spacial score (nSPS) is 14.7. The van der Waals surface area contributed by atoms with Crippen molar-refractivity contribution in [2.24, 2.45) is 0 Å². The average molecular weight is 520 g/mol. The highest BCUT2D eigenvalue weighted by atomic mass is 35.5. The van der Waals surface area contributed by atoms with Crippen LogP contribution in [0.1, 0.15) is 46.7 Å². The first kappa shape index (κ1) is 24.4. The van der Waals surface area contributed by atoms with Gasteiger partial charge in [0.2, 0.25) is 0 Å². The van der Waals surface area contributed by atoms with E-state index in [-0.39, 0.29) is 10.8 Å². The Balaban J connectivity index is 1.39. The quantitative estimate of drug-likeness (QED) is 0.310. The molecule has 0 saturated carbocycles. The summed E-state index contributed by atoms with van der Waals surface area (Å²) < 4.78 is 11.5. The number of carbonyl (C=O) groups is 2. The van der Waals surface area contributed by atoms with Crippen LogP contribution in [-0.2, 0) is 11.2 Å². The van der Waals surface area contributed by atoms with Gasteiger partial charge in [-0.15, -0.1) is 0 Å². The summed E-state index contributed by atoms with van der Waals surface area (Å²) in [6, 6.07) is 15.3. The molecular formula is C26H21Cl3O5. The first-order chi connectivity index (χ1) is 16.3. The maximum atomic E-state index is 12.6. The van der Waals surface area contributed by atoms with Crippen molar-refractivity contribution in [2.75, 3.05) is 6.61 Å². The van der Waals surface area contributed by atoms with Crippen molar-refractivity contribution in [1.82, 2.24) is 0 Å². The fourth-order valence-electron chi connectivity index (χ4n) is 3.90. The van der Waals surface area contributed by atoms with Gasteiger partial charge in [0.05, 0.1) is 17.5 Å². The molecule has 0 radical (unpaired) electrons. The van der Waals surface area contributed by atoms with Gasteiger partial charge in [-0.25, -0.2) is 0 Å². The van der Waals surface area contributed by atoms with E-state index in [2.05, 4.69) is 0 Å². The molecule has 1 unspecified atom stereocenters. The Labute approximate surface area is 212 Å². The van der Waals surface area contributed by atoms with Crippen LogP contribution in [0.2, 0.25) is 15.1 Å². The number of aliphatic carboxylic acids is 1. The molecule has 34 heavy (non-hydrogen) atoms. The fraction of sp³-hybridized carbons (Fsp3) is 0.231. The molecule has 0 aliphatic carbocycles. The number of carboxylic acids is 1. The smallest absolute Gasteiger partial charge is 0.311 e. The van der Waals surface area contributed by atoms with Gasteiger partial charge in [-0.1, -0.05) is 40.9 Å². The van der Waals surface area contributed by atoms with Gasteiger partial charge in [0.25, 0.3) is 0 Å². The van der Waals surface area contributed by atoms with Crippen molar-refractivity contribution in [3.63, 3.8) is 0 Å². The average Bonchev–Trinajstić information content (AvgIpc) is 2.81. The zero-order chi connectivity index (χ0) is 24.2. The van der Waals surface area contributed by atoms with Crippen molar-refractivity contribution < 1.29 is 24.2 Å². The second-order valence-electron chi connectivity index (χ2n) is 7.95. The summed E-state index contributed by atoms with van der Waals surface area (Å²) in [6.45, 7) is 0.310. The molecule has 3 aromatic carbocycles. The lowest BCUT2D eigenvalue weighted by Crippen LogP contribution is -2.20. The Morgan fingerprint density at radius 2 is 1.71 bits per heavy atom. The van der Waals surface area contributed by atoms with Crippen molar-refractivity contribution in [3.05, 3.63) is 86.4 Å². The molecule has 1 heterocycles. The van der Waals surface area contributed by atoms with E-state index in [0.29, 0.717) is 70.7 Å². The van der Waals surface area contributed by atoms with E-state index < -0.39 is 11.9 Å². The molecule has 4 rings (SSSR count). The Kier molecular flexibility index (Phi) is 7.67. The van der Waals surface area contributed by atoms with Crippen molar-refractivity contribution in [1.29, 1.82) is 0 Å². The number of benzene rings is 3. The SMILES string of the molecule is O=C(CCCc1c(Cl)cccc1Cl)c1ccc(Oc2cc3c(cc2Cl)C(C(=O)O)CCO3)cc1. The van der Waals surface area contributed by atoms with Gasteiger partial charge in [-0.2, -0.15) is 0 Å². The molecule has 0 aromatic heterocycles. The lowest BCUT2D eigenvalue weighted by atomic mass is 9.93. The minimum absolute atomic E-state index is 0.00894. The van der Waals surface area contributed by atoms with Gasteiger partial charge in [0.1, 0.15) is 17.2 Å². The number of ether oxygens (including phenoxy) is 2. The molecule has 3 aromatic rings. The molecule has 5 nitrogen and oxygen atoms in total. The monoisotopic (exact) mass is 518 g/mol. The van der Waals surface area contributed by atoms with E-state index in [1.807, 2.05) is 0 Å². The lowest BCUT2D eigenvalue weighted by Gasteiger charge is -2.24. The van der Waals surface area contributed by atoms with Crippen LogP contribution in [0.15, 0.2) is 54.6 Å². The predicted molar refractivity (Wildman–Crippen MR) is 132 cm³/mol. The largest absolute Gasteiger partial charge is 0.493 e. The molecule has 176 valence electrons. The third-order valence-corrected chi connectivity index (χ3v) is 6.70. The zero-order valence-corrected chi connectivity index (χ0v) is 20.3. The van der Waals surface area contributed by atoms with E-state index in [1.165, 1.54) is 0 Å². The van der Waals surface area contributed by atoms with Gasteiger partial charge in [0.15, 0.2) is 5.78 Å². The third-order valence-electron chi connectivity index (χ3n) is 5.70. The van der Waals surface area contributed by atoms with Crippen molar-refractivity contribution in [3.8, 4) is 17.2 Å². The molecule has 1 atom stereocenters. The van der Waals surface area contributed by atoms with Gasteiger partial charge in [-0.05, 0) is 67.3 Å². The van der Waals surface area contributed by atoms with E-state index >= 15 is 0 Å². The summed E-state index contributed by atoms with van der Waals surface area (Å²) in [5, 5.41) is 10.9. The molecule has 1 aliphatic rings. The molecule has 8 heteroatoms. The molecular weight excluding hydrogens is 499 g/mol. The highest BCUT2D eigenvalue weighted by molar-refractivity contribution is 6.36. The number of rotatable bonds is 8. The van der Waals surface area contributed by atoms with Crippen molar-refractivity contribution in [2.45, 2.75) is 31.6 Å². The molecule has 1 N–H and O–H groups in total. The molecule has 0 fully saturated rings. The first-order valence-corrected chi connectivity index (χ1v) is 11.9. The van der Waals surface area contributed by atoms with Gasteiger partial charge < -0.3 is 14.6 Å². The Hall–Kier alpha value is -2.73. The number of fused-ring (bicyclic) bond motifs is 1. The third kappa shape index (κ3) is 5.49. The first-order valence-electron chi connectivity index (χ1n) is 10.8. The van der Waals surface area contributed by atoms with E-state index in [4.69, 9.17) is 44.3 Å². The van der Waals surface area contributed by atoms with Gasteiger partial charge >= 0.3 is 5.97 Å².